The zero-order valence-corrected chi connectivity index (χ0v) is 13.6. The largest absolute Gasteiger partial charge is 0.361 e. The number of hydrogen-bond acceptors (Lipinski definition) is 5. The first-order valence-electron chi connectivity index (χ1n) is 7.39. The quantitative estimate of drug-likeness (QED) is 0.692. The molecule has 2 heterocycles. The third kappa shape index (κ3) is 2.67. The molecule has 6 heteroatoms. The number of aryl methyl sites for hydroxylation is 4. The molecule has 0 bridgehead atoms. The highest BCUT2D eigenvalue weighted by Crippen LogP contribution is 2.25. The first-order valence-corrected chi connectivity index (χ1v) is 7.39. The van der Waals surface area contributed by atoms with E-state index in [1.807, 2.05) is 39.0 Å². The van der Waals surface area contributed by atoms with Gasteiger partial charge in [-0.3, -0.25) is 4.79 Å². The van der Waals surface area contributed by atoms with Crippen molar-refractivity contribution in [2.45, 2.75) is 34.2 Å². The first-order chi connectivity index (χ1) is 11.0. The fourth-order valence-corrected chi connectivity index (χ4v) is 2.58. The second kappa shape index (κ2) is 5.79. The molecule has 0 unspecified atom stereocenters. The minimum atomic E-state index is 0.333. The summed E-state index contributed by atoms with van der Waals surface area (Å²) >= 11 is 0. The van der Waals surface area contributed by atoms with Gasteiger partial charge in [0.15, 0.2) is 12.0 Å². The Balaban J connectivity index is 2.10. The Morgan fingerprint density at radius 1 is 1.17 bits per heavy atom. The predicted molar refractivity (Wildman–Crippen MR) is 85.4 cm³/mol. The average molecular weight is 310 g/mol. The molecule has 0 aliphatic rings. The van der Waals surface area contributed by atoms with Crippen LogP contribution in [0.4, 0.5) is 0 Å². The molecule has 0 N–H and O–H groups in total. The van der Waals surface area contributed by atoms with Crippen molar-refractivity contribution in [1.82, 2.24) is 20.2 Å². The summed E-state index contributed by atoms with van der Waals surface area (Å²) in [6, 6.07) is 6.06. The highest BCUT2D eigenvalue weighted by Gasteiger charge is 2.18. The van der Waals surface area contributed by atoms with Crippen molar-refractivity contribution in [3.05, 3.63) is 52.0 Å². The van der Waals surface area contributed by atoms with Crippen LogP contribution in [0, 0.1) is 27.7 Å². The summed E-state index contributed by atoms with van der Waals surface area (Å²) in [6.07, 6.45) is 0.737. The van der Waals surface area contributed by atoms with Gasteiger partial charge in [0.05, 0.1) is 17.9 Å². The van der Waals surface area contributed by atoms with E-state index in [0.717, 1.165) is 34.4 Å². The average Bonchev–Trinajstić information content (AvgIpc) is 3.08. The number of rotatable bonds is 4. The van der Waals surface area contributed by atoms with Gasteiger partial charge in [0.1, 0.15) is 5.76 Å². The van der Waals surface area contributed by atoms with E-state index in [4.69, 9.17) is 4.52 Å². The summed E-state index contributed by atoms with van der Waals surface area (Å²) in [5, 5.41) is 12.1. The first kappa shape index (κ1) is 15.1. The van der Waals surface area contributed by atoms with E-state index in [2.05, 4.69) is 22.4 Å². The molecular formula is C17H18N4O2. The summed E-state index contributed by atoms with van der Waals surface area (Å²) in [6.45, 7) is 8.31. The van der Waals surface area contributed by atoms with Crippen molar-refractivity contribution in [2.75, 3.05) is 0 Å². The van der Waals surface area contributed by atoms with Crippen LogP contribution in [-0.2, 0) is 6.54 Å². The fourth-order valence-electron chi connectivity index (χ4n) is 2.58. The van der Waals surface area contributed by atoms with E-state index in [1.54, 1.807) is 4.68 Å². The van der Waals surface area contributed by atoms with Crippen molar-refractivity contribution in [2.24, 2.45) is 0 Å². The number of aromatic nitrogens is 4. The summed E-state index contributed by atoms with van der Waals surface area (Å²) in [7, 11) is 0. The molecule has 118 valence electrons. The van der Waals surface area contributed by atoms with Crippen LogP contribution in [0.1, 0.15) is 38.6 Å². The van der Waals surface area contributed by atoms with Gasteiger partial charge in [-0.1, -0.05) is 22.5 Å². The van der Waals surface area contributed by atoms with E-state index < -0.39 is 0 Å². The summed E-state index contributed by atoms with van der Waals surface area (Å²) in [4.78, 5) is 11.4. The van der Waals surface area contributed by atoms with Crippen molar-refractivity contribution < 1.29 is 9.32 Å². The van der Waals surface area contributed by atoms with Crippen molar-refractivity contribution >= 4 is 6.29 Å². The van der Waals surface area contributed by atoms with E-state index in [-0.39, 0.29) is 0 Å². The molecule has 0 atom stereocenters. The highest BCUT2D eigenvalue weighted by atomic mass is 16.5. The fraction of sp³-hybridized carbons (Fsp3) is 0.294. The Labute approximate surface area is 134 Å². The third-order valence-corrected chi connectivity index (χ3v) is 4.14. The van der Waals surface area contributed by atoms with Gasteiger partial charge in [-0.15, -0.1) is 5.10 Å². The lowest BCUT2D eigenvalue weighted by Gasteiger charge is -2.09. The van der Waals surface area contributed by atoms with Crippen LogP contribution in [0.3, 0.4) is 0 Å². The van der Waals surface area contributed by atoms with Crippen molar-refractivity contribution in [3.8, 4) is 11.3 Å². The number of carbonyl (C=O) groups excluding carboxylic acids is 1. The molecule has 3 aromatic rings. The van der Waals surface area contributed by atoms with Crippen LogP contribution >= 0.6 is 0 Å². The maximum Gasteiger partial charge on any atom is 0.172 e. The van der Waals surface area contributed by atoms with Crippen LogP contribution < -0.4 is 0 Å². The van der Waals surface area contributed by atoms with Gasteiger partial charge in [-0.25, -0.2) is 4.68 Å². The van der Waals surface area contributed by atoms with Crippen molar-refractivity contribution in [1.29, 1.82) is 0 Å². The number of carbonyl (C=O) groups is 1. The predicted octanol–water partition coefficient (Wildman–Crippen LogP) is 3.03. The molecular weight excluding hydrogens is 292 g/mol. The molecule has 0 aliphatic carbocycles. The van der Waals surface area contributed by atoms with Crippen LogP contribution in [0.15, 0.2) is 22.7 Å². The third-order valence-electron chi connectivity index (χ3n) is 4.14. The maximum atomic E-state index is 11.4. The van der Waals surface area contributed by atoms with E-state index >= 15 is 0 Å². The van der Waals surface area contributed by atoms with Crippen molar-refractivity contribution in [3.63, 3.8) is 0 Å². The lowest BCUT2D eigenvalue weighted by Crippen LogP contribution is -2.06. The molecule has 0 amide bonds. The smallest absolute Gasteiger partial charge is 0.172 e. The van der Waals surface area contributed by atoms with E-state index in [9.17, 15) is 4.79 Å². The number of hydrogen-bond donors (Lipinski definition) is 0. The number of nitrogens with zero attached hydrogens (tertiary/aromatic N) is 4. The standard InChI is InChI=1S/C17H18N4O2/c1-10-5-6-14(7-11(10)2)17-16(9-22)18-20-21(17)8-15-12(3)19-23-13(15)4/h5-7,9H,8H2,1-4H3. The van der Waals surface area contributed by atoms with Crippen LogP contribution in [0.25, 0.3) is 11.3 Å². The molecule has 3 rings (SSSR count). The summed E-state index contributed by atoms with van der Waals surface area (Å²) in [5.74, 6) is 0.747. The van der Waals surface area contributed by atoms with Crippen LogP contribution in [0.2, 0.25) is 0 Å². The van der Waals surface area contributed by atoms with Gasteiger partial charge >= 0.3 is 0 Å². The topological polar surface area (TPSA) is 73.8 Å². The molecule has 0 saturated heterocycles. The van der Waals surface area contributed by atoms with Gasteiger partial charge < -0.3 is 4.52 Å². The van der Waals surface area contributed by atoms with Crippen LogP contribution in [0.5, 0.6) is 0 Å². The Morgan fingerprint density at radius 3 is 2.57 bits per heavy atom. The van der Waals surface area contributed by atoms with Gasteiger partial charge in [-0.2, -0.15) is 0 Å². The zero-order valence-electron chi connectivity index (χ0n) is 13.6. The van der Waals surface area contributed by atoms with E-state index in [1.165, 1.54) is 5.56 Å². The maximum absolute atomic E-state index is 11.4. The van der Waals surface area contributed by atoms with E-state index in [0.29, 0.717) is 17.9 Å². The normalized spacial score (nSPS) is 11.0. The molecule has 0 spiro atoms. The molecule has 0 radical (unpaired) electrons. The second-order valence-electron chi connectivity index (χ2n) is 5.70. The lowest BCUT2D eigenvalue weighted by molar-refractivity contribution is 0.111. The van der Waals surface area contributed by atoms with Gasteiger partial charge in [-0.05, 0) is 44.9 Å². The molecule has 0 fully saturated rings. The van der Waals surface area contributed by atoms with Gasteiger partial charge in [0, 0.05) is 11.1 Å². The number of aldehydes is 1. The minimum absolute atomic E-state index is 0.333. The Bertz CT molecular complexity index is 857. The van der Waals surface area contributed by atoms with Crippen LogP contribution in [-0.4, -0.2) is 26.4 Å². The highest BCUT2D eigenvalue weighted by molar-refractivity contribution is 5.83. The zero-order chi connectivity index (χ0) is 16.6. The Morgan fingerprint density at radius 2 is 1.96 bits per heavy atom. The number of benzene rings is 1. The van der Waals surface area contributed by atoms with Gasteiger partial charge in [0.2, 0.25) is 0 Å². The Kier molecular flexibility index (Phi) is 3.82. The second-order valence-corrected chi connectivity index (χ2v) is 5.70. The monoisotopic (exact) mass is 310 g/mol. The molecule has 6 nitrogen and oxygen atoms in total. The summed E-state index contributed by atoms with van der Waals surface area (Å²) in [5.41, 5.74) is 6.10. The summed E-state index contributed by atoms with van der Waals surface area (Å²) < 4.78 is 6.92. The molecule has 23 heavy (non-hydrogen) atoms. The lowest BCUT2D eigenvalue weighted by atomic mass is 10.0. The Hall–Kier alpha value is -2.76. The van der Waals surface area contributed by atoms with Gasteiger partial charge in [0.25, 0.3) is 0 Å². The molecule has 0 aliphatic heterocycles. The SMILES string of the molecule is Cc1ccc(-c2c(C=O)nnn2Cc2c(C)noc2C)cc1C. The molecule has 1 aromatic carbocycles. The molecule has 0 saturated carbocycles. The molecule has 2 aromatic heterocycles. The minimum Gasteiger partial charge on any atom is -0.361 e.